The Balaban J connectivity index is 1.85. The minimum Gasteiger partial charge on any atom is -0.493 e. The Hall–Kier alpha value is -3.19. The minimum absolute atomic E-state index is 0.0237. The van der Waals surface area contributed by atoms with Gasteiger partial charge in [0.2, 0.25) is 0 Å². The number of nitrogens with zero attached hydrogens (tertiary/aromatic N) is 1. The van der Waals surface area contributed by atoms with E-state index in [9.17, 15) is 4.79 Å². The summed E-state index contributed by atoms with van der Waals surface area (Å²) >= 11 is 0. The van der Waals surface area contributed by atoms with Crippen LogP contribution in [-0.2, 0) is 11.3 Å². The first kappa shape index (κ1) is 24.5. The topological polar surface area (TPSA) is 66.5 Å². The van der Waals surface area contributed by atoms with E-state index in [1.165, 1.54) is 0 Å². The number of ether oxygens (including phenoxy) is 5. The molecule has 0 aliphatic carbocycles. The van der Waals surface area contributed by atoms with Crippen LogP contribution < -0.4 is 18.9 Å². The third-order valence-electron chi connectivity index (χ3n) is 5.40. The predicted molar refractivity (Wildman–Crippen MR) is 127 cm³/mol. The van der Waals surface area contributed by atoms with Crippen LogP contribution >= 0.6 is 0 Å². The monoisotopic (exact) mass is 455 g/mol. The van der Waals surface area contributed by atoms with Gasteiger partial charge in [-0.2, -0.15) is 0 Å². The number of hydrogen-bond acceptors (Lipinski definition) is 6. The van der Waals surface area contributed by atoms with Crippen LogP contribution in [-0.4, -0.2) is 57.5 Å². The van der Waals surface area contributed by atoms with Crippen LogP contribution in [0, 0.1) is 0 Å². The van der Waals surface area contributed by atoms with Gasteiger partial charge in [0.15, 0.2) is 23.0 Å². The summed E-state index contributed by atoms with van der Waals surface area (Å²) in [4.78, 5) is 15.4. The summed E-state index contributed by atoms with van der Waals surface area (Å²) in [7, 11) is 3.17. The van der Waals surface area contributed by atoms with Gasteiger partial charge in [-0.1, -0.05) is 18.7 Å². The molecule has 0 bridgehead atoms. The zero-order valence-corrected chi connectivity index (χ0v) is 19.7. The molecule has 7 heteroatoms. The van der Waals surface area contributed by atoms with Gasteiger partial charge in [-0.3, -0.25) is 4.79 Å². The zero-order valence-electron chi connectivity index (χ0n) is 19.7. The lowest BCUT2D eigenvalue weighted by molar-refractivity contribution is 0.0507. The van der Waals surface area contributed by atoms with Crippen LogP contribution in [0.4, 0.5) is 0 Å². The summed E-state index contributed by atoms with van der Waals surface area (Å²) < 4.78 is 28.0. The van der Waals surface area contributed by atoms with E-state index in [-0.39, 0.29) is 12.0 Å². The Morgan fingerprint density at radius 3 is 2.48 bits per heavy atom. The van der Waals surface area contributed by atoms with Crippen LogP contribution in [0.2, 0.25) is 0 Å². The van der Waals surface area contributed by atoms with Crippen LogP contribution in [0.5, 0.6) is 23.0 Å². The van der Waals surface area contributed by atoms with Crippen molar-refractivity contribution in [2.24, 2.45) is 0 Å². The molecule has 3 rings (SSSR count). The Morgan fingerprint density at radius 1 is 1.09 bits per heavy atom. The first-order valence-corrected chi connectivity index (χ1v) is 11.2. The molecule has 0 aromatic heterocycles. The van der Waals surface area contributed by atoms with Gasteiger partial charge in [-0.15, -0.1) is 0 Å². The second-order valence-corrected chi connectivity index (χ2v) is 7.70. The lowest BCUT2D eigenvalue weighted by Gasteiger charge is -2.26. The second kappa shape index (κ2) is 12.2. The van der Waals surface area contributed by atoms with Gasteiger partial charge in [0, 0.05) is 25.3 Å². The van der Waals surface area contributed by atoms with Crippen molar-refractivity contribution in [2.45, 2.75) is 32.4 Å². The van der Waals surface area contributed by atoms with Crippen LogP contribution in [0.15, 0.2) is 49.1 Å². The third-order valence-corrected chi connectivity index (χ3v) is 5.40. The summed E-state index contributed by atoms with van der Waals surface area (Å²) in [5, 5.41) is 0. The fourth-order valence-corrected chi connectivity index (χ4v) is 3.81. The molecule has 1 aliphatic heterocycles. The molecule has 1 saturated heterocycles. The molecule has 1 heterocycles. The Morgan fingerprint density at radius 2 is 1.82 bits per heavy atom. The molecule has 1 aliphatic rings. The van der Waals surface area contributed by atoms with Crippen molar-refractivity contribution in [3.05, 3.63) is 60.2 Å². The summed E-state index contributed by atoms with van der Waals surface area (Å²) in [6.07, 6.45) is 3.65. The van der Waals surface area contributed by atoms with Crippen molar-refractivity contribution in [1.82, 2.24) is 4.90 Å². The molecule has 33 heavy (non-hydrogen) atoms. The van der Waals surface area contributed by atoms with E-state index in [1.807, 2.05) is 30.0 Å². The molecular formula is C26H33NO6. The van der Waals surface area contributed by atoms with Crippen LogP contribution in [0.25, 0.3) is 0 Å². The van der Waals surface area contributed by atoms with Crippen LogP contribution in [0.1, 0.15) is 35.7 Å². The second-order valence-electron chi connectivity index (χ2n) is 7.70. The number of carbonyl (C=O) groups excluding carboxylic acids is 1. The van der Waals surface area contributed by atoms with Gasteiger partial charge in [-0.05, 0) is 55.7 Å². The molecule has 2 aromatic rings. The van der Waals surface area contributed by atoms with Crippen molar-refractivity contribution in [2.75, 3.05) is 40.6 Å². The summed E-state index contributed by atoms with van der Waals surface area (Å²) in [5.74, 6) is 2.29. The molecular weight excluding hydrogens is 422 g/mol. The lowest BCUT2D eigenvalue weighted by Crippen LogP contribution is -2.37. The average molecular weight is 456 g/mol. The number of methoxy groups -OCH3 is 2. The zero-order chi connectivity index (χ0) is 23.6. The van der Waals surface area contributed by atoms with Gasteiger partial charge in [0.05, 0.1) is 26.9 Å². The number of hydrogen-bond donors (Lipinski definition) is 0. The molecule has 1 atom stereocenters. The van der Waals surface area contributed by atoms with E-state index >= 15 is 0 Å². The van der Waals surface area contributed by atoms with E-state index in [0.29, 0.717) is 54.9 Å². The van der Waals surface area contributed by atoms with Gasteiger partial charge in [0.1, 0.15) is 6.61 Å². The molecule has 0 spiro atoms. The largest absolute Gasteiger partial charge is 0.493 e. The highest BCUT2D eigenvalue weighted by molar-refractivity contribution is 5.95. The molecule has 1 amide bonds. The number of rotatable bonds is 12. The maximum absolute atomic E-state index is 13.5. The van der Waals surface area contributed by atoms with Gasteiger partial charge in [-0.25, -0.2) is 0 Å². The SMILES string of the molecule is C=CCOc1ccc(CN(CC2CCCO2)C(=O)c2ccc(OCC)c(OC)c2)cc1OC. The molecule has 0 saturated carbocycles. The number of amides is 1. The highest BCUT2D eigenvalue weighted by atomic mass is 16.5. The van der Waals surface area contributed by atoms with E-state index < -0.39 is 0 Å². The third kappa shape index (κ3) is 6.42. The highest BCUT2D eigenvalue weighted by Gasteiger charge is 2.25. The molecule has 0 radical (unpaired) electrons. The summed E-state index contributed by atoms with van der Waals surface area (Å²) in [6.45, 7) is 8.13. The van der Waals surface area contributed by atoms with Crippen molar-refractivity contribution in [1.29, 1.82) is 0 Å². The molecule has 1 unspecified atom stereocenters. The molecule has 178 valence electrons. The smallest absolute Gasteiger partial charge is 0.254 e. The Labute approximate surface area is 195 Å². The maximum atomic E-state index is 13.5. The number of carbonyl (C=O) groups is 1. The normalized spacial score (nSPS) is 15.1. The average Bonchev–Trinajstić information content (AvgIpc) is 3.35. The first-order valence-electron chi connectivity index (χ1n) is 11.2. The fourth-order valence-electron chi connectivity index (χ4n) is 3.81. The summed E-state index contributed by atoms with van der Waals surface area (Å²) in [6, 6.07) is 11.0. The maximum Gasteiger partial charge on any atom is 0.254 e. The lowest BCUT2D eigenvalue weighted by atomic mass is 10.1. The van der Waals surface area contributed by atoms with Gasteiger partial charge < -0.3 is 28.6 Å². The predicted octanol–water partition coefficient (Wildman–Crippen LogP) is 4.49. The van der Waals surface area contributed by atoms with E-state index in [1.54, 1.807) is 38.5 Å². The molecule has 7 nitrogen and oxygen atoms in total. The van der Waals surface area contributed by atoms with Crippen molar-refractivity contribution < 1.29 is 28.5 Å². The van der Waals surface area contributed by atoms with E-state index in [2.05, 4.69) is 6.58 Å². The minimum atomic E-state index is -0.0993. The summed E-state index contributed by atoms with van der Waals surface area (Å²) in [5.41, 5.74) is 1.47. The molecule has 2 aromatic carbocycles. The molecule has 0 N–H and O–H groups in total. The molecule has 1 fully saturated rings. The van der Waals surface area contributed by atoms with Crippen molar-refractivity contribution >= 4 is 5.91 Å². The van der Waals surface area contributed by atoms with Gasteiger partial charge in [0.25, 0.3) is 5.91 Å². The van der Waals surface area contributed by atoms with E-state index in [4.69, 9.17) is 23.7 Å². The van der Waals surface area contributed by atoms with Crippen LogP contribution in [0.3, 0.4) is 0 Å². The van der Waals surface area contributed by atoms with Crippen molar-refractivity contribution in [3.8, 4) is 23.0 Å². The van der Waals surface area contributed by atoms with Crippen molar-refractivity contribution in [3.63, 3.8) is 0 Å². The Bertz CT molecular complexity index is 938. The first-order chi connectivity index (χ1) is 16.1. The standard InChI is InChI=1S/C26H33NO6/c1-5-13-33-23-11-9-19(15-24(23)29-3)17-27(18-21-8-7-14-32-21)26(28)20-10-12-22(31-6-2)25(16-20)30-4/h5,9-12,15-16,21H,1,6-8,13-14,17-18H2,2-4H3. The quantitative estimate of drug-likeness (QED) is 0.440. The van der Waals surface area contributed by atoms with Gasteiger partial charge >= 0.3 is 0 Å². The fraction of sp³-hybridized carbons (Fsp3) is 0.423. The van der Waals surface area contributed by atoms with E-state index in [0.717, 1.165) is 25.0 Å². The highest BCUT2D eigenvalue weighted by Crippen LogP contribution is 2.31. The Kier molecular flexibility index (Phi) is 9.01. The number of benzene rings is 2.